The van der Waals surface area contributed by atoms with Crippen molar-refractivity contribution in [3.8, 4) is 11.3 Å². The van der Waals surface area contributed by atoms with Crippen LogP contribution in [0.4, 0.5) is 11.4 Å². The Balaban J connectivity index is 1.39. The molecular formula is C27H25ClN4O3S. The minimum Gasteiger partial charge on any atom is -0.322 e. The largest absolute Gasteiger partial charge is 0.322 e. The minimum atomic E-state index is -3.35. The van der Waals surface area contributed by atoms with E-state index in [1.54, 1.807) is 48.8 Å². The van der Waals surface area contributed by atoms with Crippen molar-refractivity contribution in [2.75, 3.05) is 21.9 Å². The fourth-order valence-electron chi connectivity index (χ4n) is 4.43. The van der Waals surface area contributed by atoms with Crippen LogP contribution >= 0.6 is 11.6 Å². The molecule has 0 spiro atoms. The third kappa shape index (κ3) is 4.92. The summed E-state index contributed by atoms with van der Waals surface area (Å²) in [7, 11) is -3.35. The van der Waals surface area contributed by atoms with Crippen molar-refractivity contribution in [1.29, 1.82) is 0 Å². The number of nitrogens with one attached hydrogen (secondary N) is 1. The normalized spacial score (nSPS) is 15.4. The summed E-state index contributed by atoms with van der Waals surface area (Å²) in [5.74, 6) is -0.139. The zero-order valence-electron chi connectivity index (χ0n) is 19.7. The molecule has 1 aliphatic rings. The molecule has 1 N–H and O–H groups in total. The number of aromatic nitrogens is 2. The maximum atomic E-state index is 13.1. The number of halogens is 1. The van der Waals surface area contributed by atoms with Gasteiger partial charge in [-0.1, -0.05) is 18.0 Å². The van der Waals surface area contributed by atoms with Crippen molar-refractivity contribution in [2.24, 2.45) is 0 Å². The van der Waals surface area contributed by atoms with Crippen molar-refractivity contribution in [2.45, 2.75) is 26.2 Å². The number of carbonyl (C=O) groups is 1. The van der Waals surface area contributed by atoms with E-state index in [4.69, 9.17) is 11.6 Å². The van der Waals surface area contributed by atoms with Crippen molar-refractivity contribution >= 4 is 49.8 Å². The molecule has 4 aromatic rings. The Morgan fingerprint density at radius 2 is 1.89 bits per heavy atom. The first-order valence-corrected chi connectivity index (χ1v) is 13.7. The summed E-state index contributed by atoms with van der Waals surface area (Å²) in [6.07, 6.45) is 5.83. The topological polar surface area (TPSA) is 92.3 Å². The zero-order valence-corrected chi connectivity index (χ0v) is 21.3. The first kappa shape index (κ1) is 24.2. The van der Waals surface area contributed by atoms with E-state index in [0.29, 0.717) is 51.7 Å². The van der Waals surface area contributed by atoms with Gasteiger partial charge in [-0.25, -0.2) is 13.4 Å². The average molecular weight is 521 g/mol. The predicted molar refractivity (Wildman–Crippen MR) is 144 cm³/mol. The maximum Gasteiger partial charge on any atom is 0.255 e. The third-order valence-electron chi connectivity index (χ3n) is 6.33. The summed E-state index contributed by atoms with van der Waals surface area (Å²) < 4.78 is 26.8. The van der Waals surface area contributed by atoms with Gasteiger partial charge in [0.2, 0.25) is 10.0 Å². The van der Waals surface area contributed by atoms with Gasteiger partial charge in [0.05, 0.1) is 27.7 Å². The second kappa shape index (κ2) is 9.87. The summed E-state index contributed by atoms with van der Waals surface area (Å²) in [5, 5.41) is 4.38. The molecule has 5 rings (SSSR count). The van der Waals surface area contributed by atoms with Crippen LogP contribution < -0.4 is 9.62 Å². The number of nitrogens with zero attached hydrogens (tertiary/aromatic N) is 3. The molecule has 0 saturated carbocycles. The number of hydrogen-bond donors (Lipinski definition) is 1. The van der Waals surface area contributed by atoms with Gasteiger partial charge < -0.3 is 5.32 Å². The Kier molecular flexibility index (Phi) is 6.64. The van der Waals surface area contributed by atoms with E-state index in [9.17, 15) is 13.2 Å². The summed E-state index contributed by atoms with van der Waals surface area (Å²) >= 11 is 6.47. The van der Waals surface area contributed by atoms with Gasteiger partial charge in [-0.2, -0.15) is 0 Å². The molecule has 0 aliphatic carbocycles. The third-order valence-corrected chi connectivity index (χ3v) is 8.53. The number of carbonyl (C=O) groups excluding carboxylic acids is 1. The number of amides is 1. The van der Waals surface area contributed by atoms with Crippen LogP contribution in [0.3, 0.4) is 0 Å². The number of rotatable bonds is 4. The molecule has 3 heterocycles. The van der Waals surface area contributed by atoms with Gasteiger partial charge >= 0.3 is 0 Å². The molecular weight excluding hydrogens is 496 g/mol. The average Bonchev–Trinajstić information content (AvgIpc) is 3.04. The fourth-order valence-corrected chi connectivity index (χ4v) is 6.27. The molecule has 0 radical (unpaired) electrons. The van der Waals surface area contributed by atoms with Crippen LogP contribution in [-0.4, -0.2) is 36.6 Å². The maximum absolute atomic E-state index is 13.1. The Bertz CT molecular complexity index is 1570. The second-order valence-electron chi connectivity index (χ2n) is 8.86. The van der Waals surface area contributed by atoms with Crippen LogP contribution in [-0.2, 0) is 10.0 Å². The lowest BCUT2D eigenvalue weighted by molar-refractivity contribution is 0.102. The van der Waals surface area contributed by atoms with Crippen molar-refractivity contribution in [3.63, 3.8) is 0 Å². The molecule has 0 bridgehead atoms. The first-order chi connectivity index (χ1) is 17.3. The molecule has 7 nitrogen and oxygen atoms in total. The van der Waals surface area contributed by atoms with E-state index in [2.05, 4.69) is 15.3 Å². The number of hydrogen-bond acceptors (Lipinski definition) is 5. The molecule has 2 aromatic carbocycles. The Morgan fingerprint density at radius 3 is 2.72 bits per heavy atom. The number of benzene rings is 2. The predicted octanol–water partition coefficient (Wildman–Crippen LogP) is 5.83. The van der Waals surface area contributed by atoms with E-state index < -0.39 is 10.0 Å². The SMILES string of the molecule is Cc1cc(N2CCCCCS2(=O)=O)ccc1C(=O)Nc1ccc(Cl)c(-c2ccc3cnccc3n2)c1. The number of sulfonamides is 1. The van der Waals surface area contributed by atoms with Crippen LogP contribution in [0.5, 0.6) is 0 Å². The van der Waals surface area contributed by atoms with Crippen LogP contribution in [0, 0.1) is 6.92 Å². The Morgan fingerprint density at radius 1 is 1.03 bits per heavy atom. The number of anilines is 2. The van der Waals surface area contributed by atoms with Crippen LogP contribution in [0.1, 0.15) is 35.2 Å². The van der Waals surface area contributed by atoms with Gasteiger partial charge in [-0.15, -0.1) is 0 Å². The van der Waals surface area contributed by atoms with Crippen molar-refractivity contribution < 1.29 is 13.2 Å². The standard InChI is InChI=1S/C27H25ClN4O3S/c1-18-15-21(32-13-3-2-4-14-36(32,34)35)7-8-22(18)27(33)30-20-6-9-24(28)23(16-20)26-10-5-19-17-29-12-11-25(19)31-26/h5-12,15-17H,2-4,13-14H2,1H3,(H,30,33). The number of aryl methyl sites for hydroxylation is 1. The highest BCUT2D eigenvalue weighted by Gasteiger charge is 2.25. The molecule has 36 heavy (non-hydrogen) atoms. The lowest BCUT2D eigenvalue weighted by Gasteiger charge is -2.23. The highest BCUT2D eigenvalue weighted by atomic mass is 35.5. The van der Waals surface area contributed by atoms with Crippen molar-refractivity contribution in [3.05, 3.63) is 83.1 Å². The van der Waals surface area contributed by atoms with Crippen LogP contribution in [0.15, 0.2) is 67.0 Å². The molecule has 1 aliphatic heterocycles. The highest BCUT2D eigenvalue weighted by Crippen LogP contribution is 2.31. The molecule has 1 fully saturated rings. The van der Waals surface area contributed by atoms with Gasteiger partial charge in [0.25, 0.3) is 5.91 Å². The number of fused-ring (bicyclic) bond motifs is 1. The Labute approximate surface area is 215 Å². The first-order valence-electron chi connectivity index (χ1n) is 11.7. The van der Waals surface area contributed by atoms with Gasteiger partial charge in [-0.3, -0.25) is 14.1 Å². The van der Waals surface area contributed by atoms with E-state index in [1.165, 1.54) is 4.31 Å². The number of pyridine rings is 2. The summed E-state index contributed by atoms with van der Waals surface area (Å²) in [6.45, 7) is 2.27. The van der Waals surface area contributed by atoms with Crippen LogP contribution in [0.25, 0.3) is 22.2 Å². The van der Waals surface area contributed by atoms with Crippen molar-refractivity contribution in [1.82, 2.24) is 9.97 Å². The molecule has 0 unspecified atom stereocenters. The molecule has 2 aromatic heterocycles. The van der Waals surface area contributed by atoms with E-state index >= 15 is 0 Å². The monoisotopic (exact) mass is 520 g/mol. The van der Waals surface area contributed by atoms with E-state index in [1.807, 2.05) is 25.1 Å². The fraction of sp³-hybridized carbons (Fsp3) is 0.222. The van der Waals surface area contributed by atoms with Gasteiger partial charge in [-0.05, 0) is 79.9 Å². The zero-order chi connectivity index (χ0) is 25.3. The lowest BCUT2D eigenvalue weighted by Crippen LogP contribution is -2.32. The molecule has 184 valence electrons. The smallest absolute Gasteiger partial charge is 0.255 e. The Hall–Kier alpha value is -3.49. The molecule has 9 heteroatoms. The second-order valence-corrected chi connectivity index (χ2v) is 11.3. The van der Waals surface area contributed by atoms with Gasteiger partial charge in [0.1, 0.15) is 0 Å². The van der Waals surface area contributed by atoms with E-state index in [0.717, 1.165) is 23.7 Å². The quantitative estimate of drug-likeness (QED) is 0.365. The van der Waals surface area contributed by atoms with Gasteiger partial charge in [0, 0.05) is 41.1 Å². The molecule has 1 amide bonds. The van der Waals surface area contributed by atoms with E-state index in [-0.39, 0.29) is 11.7 Å². The lowest BCUT2D eigenvalue weighted by atomic mass is 10.1. The summed E-state index contributed by atoms with van der Waals surface area (Å²) in [4.78, 5) is 21.9. The summed E-state index contributed by atoms with van der Waals surface area (Å²) in [6, 6.07) is 16.0. The molecule has 0 atom stereocenters. The molecule has 1 saturated heterocycles. The minimum absolute atomic E-state index is 0.149. The van der Waals surface area contributed by atoms with Crippen LogP contribution in [0.2, 0.25) is 5.02 Å². The summed E-state index contributed by atoms with van der Waals surface area (Å²) in [5.41, 5.74) is 4.53. The van der Waals surface area contributed by atoms with Gasteiger partial charge in [0.15, 0.2) is 0 Å². The highest BCUT2D eigenvalue weighted by molar-refractivity contribution is 7.92.